The Kier molecular flexibility index (Phi) is 17.4. The van der Waals surface area contributed by atoms with Gasteiger partial charge in [-0.05, 0) is 6.42 Å². The molecule has 1 nitrogen and oxygen atoms in total. The number of pyridine rings is 1. The maximum Gasteiger partial charge on any atom is 1.00 e. The van der Waals surface area contributed by atoms with Gasteiger partial charge in [0.2, 0.25) is 0 Å². The predicted octanol–water partition coefficient (Wildman–Crippen LogP) is 3.57. The maximum absolute atomic E-state index is 2.29. The molecule has 1 heterocycles. The van der Waals surface area contributed by atoms with Gasteiger partial charge in [-0.25, -0.2) is 4.57 Å². The number of hydrogen-bond acceptors (Lipinski definition) is 0. The summed E-state index contributed by atoms with van der Waals surface area (Å²) in [5.74, 6) is 0. The molecule has 1 aromatic rings. The summed E-state index contributed by atoms with van der Waals surface area (Å²) in [6.45, 7) is 3.47. The highest BCUT2D eigenvalue weighted by Crippen LogP contribution is 2.12. The number of unbranched alkanes of at least 4 members (excludes halogenated alkanes) is 13. The van der Waals surface area contributed by atoms with E-state index in [1.807, 2.05) is 0 Å². The van der Waals surface area contributed by atoms with E-state index in [9.17, 15) is 0 Å². The van der Waals surface area contributed by atoms with Gasteiger partial charge in [-0.3, -0.25) is 0 Å². The first kappa shape index (κ1) is 22.4. The zero-order valence-corrected chi connectivity index (χ0v) is 16.1. The van der Waals surface area contributed by atoms with Crippen molar-refractivity contribution in [2.45, 2.75) is 103 Å². The highest BCUT2D eigenvalue weighted by atomic mass is 35.5. The SMILES string of the molecule is CCCCCCCCCCCCCCCC[n+]1ccccc1.[Cl-].[H+]. The molecular weight excluding hydrogens is 302 g/mol. The quantitative estimate of drug-likeness (QED) is 0.339. The maximum atomic E-state index is 2.29. The summed E-state index contributed by atoms with van der Waals surface area (Å²) in [5.41, 5.74) is 0. The molecule has 0 aromatic carbocycles. The van der Waals surface area contributed by atoms with Gasteiger partial charge < -0.3 is 12.4 Å². The van der Waals surface area contributed by atoms with E-state index in [1.54, 1.807) is 0 Å². The van der Waals surface area contributed by atoms with Crippen LogP contribution in [-0.2, 0) is 6.54 Å². The molecule has 0 N–H and O–H groups in total. The third-order valence-corrected chi connectivity index (χ3v) is 4.55. The number of aryl methyl sites for hydroxylation is 1. The molecule has 134 valence electrons. The fourth-order valence-electron chi connectivity index (χ4n) is 3.07. The van der Waals surface area contributed by atoms with Crippen molar-refractivity contribution in [1.82, 2.24) is 0 Å². The van der Waals surface area contributed by atoms with E-state index < -0.39 is 0 Å². The van der Waals surface area contributed by atoms with E-state index in [0.29, 0.717) is 0 Å². The lowest BCUT2D eigenvalue weighted by molar-refractivity contribution is -0.697. The average molecular weight is 341 g/mol. The first-order chi connectivity index (χ1) is 10.9. The lowest BCUT2D eigenvalue weighted by atomic mass is 10.0. The van der Waals surface area contributed by atoms with Crippen LogP contribution in [0.15, 0.2) is 30.6 Å². The first-order valence-electron chi connectivity index (χ1n) is 9.87. The molecule has 0 radical (unpaired) electrons. The Morgan fingerprint density at radius 2 is 0.957 bits per heavy atom. The third kappa shape index (κ3) is 14.7. The van der Waals surface area contributed by atoms with Crippen molar-refractivity contribution < 1.29 is 18.4 Å². The molecule has 0 fully saturated rings. The van der Waals surface area contributed by atoms with E-state index in [0.717, 1.165) is 0 Å². The van der Waals surface area contributed by atoms with Gasteiger partial charge in [0.05, 0.1) is 0 Å². The van der Waals surface area contributed by atoms with Crippen LogP contribution in [0.1, 0.15) is 98.2 Å². The Morgan fingerprint density at radius 1 is 0.565 bits per heavy atom. The third-order valence-electron chi connectivity index (χ3n) is 4.55. The Hall–Kier alpha value is -0.560. The van der Waals surface area contributed by atoms with Crippen LogP contribution in [0.2, 0.25) is 0 Å². The molecular formula is C21H39ClN+. The second-order valence-electron chi connectivity index (χ2n) is 6.71. The van der Waals surface area contributed by atoms with Gasteiger partial charge >= 0.3 is 1.43 Å². The van der Waals surface area contributed by atoms with Crippen molar-refractivity contribution in [3.63, 3.8) is 0 Å². The Labute approximate surface area is 152 Å². The normalized spacial score (nSPS) is 10.5. The smallest absolute Gasteiger partial charge is 1.00 e. The van der Waals surface area contributed by atoms with Crippen molar-refractivity contribution in [3.8, 4) is 0 Å². The number of halogens is 1. The molecule has 0 saturated heterocycles. The lowest BCUT2D eigenvalue weighted by Gasteiger charge is -2.02. The van der Waals surface area contributed by atoms with Crippen LogP contribution in [0.5, 0.6) is 0 Å². The summed E-state index contributed by atoms with van der Waals surface area (Å²) < 4.78 is 2.29. The molecule has 23 heavy (non-hydrogen) atoms. The fraction of sp³-hybridized carbons (Fsp3) is 0.762. The minimum absolute atomic E-state index is 0. The summed E-state index contributed by atoms with van der Waals surface area (Å²) in [6.07, 6.45) is 24.4. The largest absolute Gasteiger partial charge is 1.00 e. The summed E-state index contributed by atoms with van der Waals surface area (Å²) in [4.78, 5) is 0. The number of hydrogen-bond donors (Lipinski definition) is 0. The van der Waals surface area contributed by atoms with E-state index in [4.69, 9.17) is 0 Å². The number of rotatable bonds is 15. The zero-order valence-electron chi connectivity index (χ0n) is 16.3. The Morgan fingerprint density at radius 3 is 1.39 bits per heavy atom. The van der Waals surface area contributed by atoms with Gasteiger partial charge in [0, 0.05) is 18.6 Å². The van der Waals surface area contributed by atoms with Crippen LogP contribution in [-0.4, -0.2) is 0 Å². The standard InChI is InChI=1S/C21H38N.ClH/c1-2-3-4-5-6-7-8-9-10-11-12-13-14-16-19-22-20-17-15-18-21-22;/h15,17-18,20-21H,2-14,16,19H2,1H3;1H/q+1;. The van der Waals surface area contributed by atoms with E-state index >= 15 is 0 Å². The summed E-state index contributed by atoms with van der Waals surface area (Å²) in [6, 6.07) is 6.31. The molecule has 0 bridgehead atoms. The highest BCUT2D eigenvalue weighted by Gasteiger charge is 1.98. The molecule has 0 aliphatic heterocycles. The van der Waals surface area contributed by atoms with Gasteiger partial charge in [-0.1, -0.05) is 90.0 Å². The first-order valence-corrected chi connectivity index (χ1v) is 9.87. The molecule has 1 rings (SSSR count). The molecule has 0 saturated carbocycles. The minimum atomic E-state index is 0. The summed E-state index contributed by atoms with van der Waals surface area (Å²) >= 11 is 0. The fourth-order valence-corrected chi connectivity index (χ4v) is 3.07. The van der Waals surface area contributed by atoms with Gasteiger partial charge in [-0.15, -0.1) is 0 Å². The van der Waals surface area contributed by atoms with Crippen molar-refractivity contribution >= 4 is 0 Å². The van der Waals surface area contributed by atoms with E-state index in [2.05, 4.69) is 42.1 Å². The topological polar surface area (TPSA) is 3.88 Å². The Bertz CT molecular complexity index is 332. The van der Waals surface area contributed by atoms with Gasteiger partial charge in [0.25, 0.3) is 0 Å². The van der Waals surface area contributed by atoms with Crippen LogP contribution in [0.4, 0.5) is 0 Å². The van der Waals surface area contributed by atoms with Crippen LogP contribution in [0.3, 0.4) is 0 Å². The highest BCUT2D eigenvalue weighted by molar-refractivity contribution is 4.83. The van der Waals surface area contributed by atoms with Crippen LogP contribution < -0.4 is 17.0 Å². The molecule has 0 amide bonds. The van der Waals surface area contributed by atoms with Crippen molar-refractivity contribution in [1.29, 1.82) is 0 Å². The second kappa shape index (κ2) is 17.8. The summed E-state index contributed by atoms with van der Waals surface area (Å²) in [5, 5.41) is 0. The molecule has 1 aromatic heterocycles. The van der Waals surface area contributed by atoms with E-state index in [1.165, 1.54) is 96.4 Å². The minimum Gasteiger partial charge on any atom is -1.00 e. The molecule has 0 spiro atoms. The second-order valence-corrected chi connectivity index (χ2v) is 6.71. The molecule has 0 atom stereocenters. The number of aromatic nitrogens is 1. The van der Waals surface area contributed by atoms with Crippen LogP contribution in [0.25, 0.3) is 0 Å². The predicted molar refractivity (Wildman–Crippen MR) is 98.1 cm³/mol. The number of nitrogens with zero attached hydrogens (tertiary/aromatic N) is 1. The lowest BCUT2D eigenvalue weighted by Crippen LogP contribution is -3.00. The summed E-state index contributed by atoms with van der Waals surface area (Å²) in [7, 11) is 0. The van der Waals surface area contributed by atoms with Crippen LogP contribution >= 0.6 is 0 Å². The monoisotopic (exact) mass is 340 g/mol. The molecule has 0 unspecified atom stereocenters. The van der Waals surface area contributed by atoms with Gasteiger partial charge in [0.15, 0.2) is 12.4 Å². The Balaban J connectivity index is 0. The molecule has 2 heteroatoms. The van der Waals surface area contributed by atoms with E-state index in [-0.39, 0.29) is 13.8 Å². The van der Waals surface area contributed by atoms with Gasteiger partial charge in [0.1, 0.15) is 6.54 Å². The average Bonchev–Trinajstić information content (AvgIpc) is 2.56. The molecule has 0 aliphatic carbocycles. The molecule has 0 aliphatic rings. The van der Waals surface area contributed by atoms with Crippen molar-refractivity contribution in [2.24, 2.45) is 0 Å². The van der Waals surface area contributed by atoms with Crippen LogP contribution in [0, 0.1) is 0 Å². The van der Waals surface area contributed by atoms with Gasteiger partial charge in [-0.2, -0.15) is 0 Å². The van der Waals surface area contributed by atoms with Crippen molar-refractivity contribution in [3.05, 3.63) is 30.6 Å². The zero-order chi connectivity index (χ0) is 15.7. The van der Waals surface area contributed by atoms with Crippen molar-refractivity contribution in [2.75, 3.05) is 0 Å².